The lowest BCUT2D eigenvalue weighted by Gasteiger charge is -2.18. The molecule has 3 rings (SSSR count). The third-order valence-electron chi connectivity index (χ3n) is 5.63. The number of halogens is 1. The molecule has 1 aliphatic rings. The van der Waals surface area contributed by atoms with Crippen LogP contribution in [0.4, 0.5) is 10.1 Å². The van der Waals surface area contributed by atoms with Crippen molar-refractivity contribution in [2.75, 3.05) is 38.2 Å². The summed E-state index contributed by atoms with van der Waals surface area (Å²) in [6.07, 6.45) is 1.79. The number of aromatic nitrogens is 1. The molecule has 0 atom stereocenters. The molecular weight excluding hydrogens is 383 g/mol. The Morgan fingerprint density at radius 1 is 1.23 bits per heavy atom. The summed E-state index contributed by atoms with van der Waals surface area (Å²) in [6.45, 7) is 13.3. The van der Waals surface area contributed by atoms with Crippen molar-refractivity contribution in [1.29, 1.82) is 0 Å². The van der Waals surface area contributed by atoms with E-state index in [1.165, 1.54) is 12.1 Å². The molecule has 1 aromatic carbocycles. The van der Waals surface area contributed by atoms with E-state index in [9.17, 15) is 9.18 Å². The van der Waals surface area contributed by atoms with Gasteiger partial charge < -0.3 is 19.9 Å². The van der Waals surface area contributed by atoms with E-state index in [0.717, 1.165) is 48.7 Å². The number of nitrogens with zero attached hydrogens (tertiary/aromatic N) is 1. The first-order chi connectivity index (χ1) is 14.4. The van der Waals surface area contributed by atoms with Crippen LogP contribution in [0.3, 0.4) is 0 Å². The van der Waals surface area contributed by atoms with Crippen LogP contribution in [0.5, 0.6) is 0 Å². The largest absolute Gasteiger partial charge is 0.362 e. The fourth-order valence-electron chi connectivity index (χ4n) is 3.70. The van der Waals surface area contributed by atoms with Crippen molar-refractivity contribution in [3.05, 3.63) is 52.1 Å². The Bertz CT molecular complexity index is 932. The predicted octanol–water partition coefficient (Wildman–Crippen LogP) is 3.67. The molecule has 2 aromatic rings. The lowest BCUT2D eigenvalue weighted by atomic mass is 10.0. The fourth-order valence-corrected chi connectivity index (χ4v) is 3.70. The van der Waals surface area contributed by atoms with Crippen LogP contribution in [0.15, 0.2) is 18.2 Å². The Balaban J connectivity index is 1.63. The quantitative estimate of drug-likeness (QED) is 0.315. The van der Waals surface area contributed by atoms with E-state index < -0.39 is 0 Å². The second-order valence-electron chi connectivity index (χ2n) is 7.49. The van der Waals surface area contributed by atoms with Crippen LogP contribution in [0, 0.1) is 19.7 Å². The van der Waals surface area contributed by atoms with Crippen LogP contribution >= 0.6 is 0 Å². The van der Waals surface area contributed by atoms with E-state index in [1.807, 2.05) is 13.8 Å². The molecule has 0 unspecified atom stereocenters. The summed E-state index contributed by atoms with van der Waals surface area (Å²) in [4.78, 5) is 18.0. The van der Waals surface area contributed by atoms with Gasteiger partial charge in [-0.2, -0.15) is 0 Å². The Kier molecular flexibility index (Phi) is 7.42. The maximum absolute atomic E-state index is 13.7. The zero-order chi connectivity index (χ0) is 21.7. The summed E-state index contributed by atoms with van der Waals surface area (Å²) < 4.78 is 19.5. The van der Waals surface area contributed by atoms with Gasteiger partial charge in [-0.1, -0.05) is 13.8 Å². The molecule has 3 N–H and O–H groups in total. The van der Waals surface area contributed by atoms with Crippen LogP contribution < -0.4 is 10.6 Å². The molecule has 0 saturated heterocycles. The van der Waals surface area contributed by atoms with Gasteiger partial charge in [0.05, 0.1) is 18.9 Å². The van der Waals surface area contributed by atoms with Crippen LogP contribution in [0.2, 0.25) is 0 Å². The van der Waals surface area contributed by atoms with Gasteiger partial charge >= 0.3 is 0 Å². The first kappa shape index (κ1) is 22.2. The van der Waals surface area contributed by atoms with Crippen LogP contribution in [-0.2, 0) is 16.1 Å². The maximum atomic E-state index is 13.7. The molecule has 162 valence electrons. The number of amides is 1. The van der Waals surface area contributed by atoms with Crippen LogP contribution in [0.25, 0.3) is 11.6 Å². The Labute approximate surface area is 177 Å². The van der Waals surface area contributed by atoms with Gasteiger partial charge in [-0.15, -0.1) is 0 Å². The number of benzene rings is 1. The van der Waals surface area contributed by atoms with E-state index in [-0.39, 0.29) is 11.7 Å². The highest BCUT2D eigenvalue weighted by Gasteiger charge is 2.25. The third-order valence-corrected chi connectivity index (χ3v) is 5.63. The zero-order valence-electron chi connectivity index (χ0n) is 18.2. The van der Waals surface area contributed by atoms with E-state index >= 15 is 0 Å². The Morgan fingerprint density at radius 2 is 2.00 bits per heavy atom. The summed E-state index contributed by atoms with van der Waals surface area (Å²) >= 11 is 0. The predicted molar refractivity (Wildman–Crippen MR) is 119 cm³/mol. The van der Waals surface area contributed by atoms with Gasteiger partial charge in [-0.3, -0.25) is 10.1 Å². The summed E-state index contributed by atoms with van der Waals surface area (Å²) in [5.74, 6) is -0.587. The Hall–Kier alpha value is -2.48. The van der Waals surface area contributed by atoms with Gasteiger partial charge in [-0.05, 0) is 56.8 Å². The van der Waals surface area contributed by atoms with Crippen molar-refractivity contribution in [1.82, 2.24) is 15.2 Å². The van der Waals surface area contributed by atoms with Crippen molar-refractivity contribution in [3.63, 3.8) is 0 Å². The molecule has 0 bridgehead atoms. The molecule has 1 aliphatic heterocycles. The number of likely N-dealkylation sites (N-methyl/N-ethyl adjacent to an activating group) is 1. The summed E-state index contributed by atoms with van der Waals surface area (Å²) in [5, 5.41) is 6.09. The number of anilines is 1. The molecule has 0 aliphatic carbocycles. The second kappa shape index (κ2) is 10.0. The number of rotatable bonds is 10. The lowest BCUT2D eigenvalue weighted by Crippen LogP contribution is -2.32. The van der Waals surface area contributed by atoms with Gasteiger partial charge in [0, 0.05) is 41.3 Å². The first-order valence-electron chi connectivity index (χ1n) is 10.5. The number of ether oxygens (including phenoxy) is 1. The molecule has 30 heavy (non-hydrogen) atoms. The summed E-state index contributed by atoms with van der Waals surface area (Å²) in [7, 11) is 0. The average molecular weight is 415 g/mol. The van der Waals surface area contributed by atoms with Crippen LogP contribution in [0.1, 0.15) is 41.9 Å². The molecule has 0 spiro atoms. The van der Waals surface area contributed by atoms with Crippen molar-refractivity contribution in [2.24, 2.45) is 0 Å². The van der Waals surface area contributed by atoms with Crippen molar-refractivity contribution >= 4 is 23.2 Å². The maximum Gasteiger partial charge on any atom is 0.256 e. The Morgan fingerprint density at radius 3 is 2.73 bits per heavy atom. The van der Waals surface area contributed by atoms with Crippen molar-refractivity contribution in [2.45, 2.75) is 34.3 Å². The molecule has 0 fully saturated rings. The smallest absolute Gasteiger partial charge is 0.256 e. The molecule has 7 heteroatoms. The molecule has 1 aromatic heterocycles. The third kappa shape index (κ3) is 4.98. The highest BCUT2D eigenvalue weighted by molar-refractivity contribution is 6.34. The standard InChI is InChI=1S/C23H31FN4O2/c1-5-28(6-2)10-9-25-14-30-13-20-15(3)22(26-16(20)4)12-19-18-11-17(24)7-8-21(18)27-23(19)29/h7-8,11-12,25-26H,5-6,9-10,13-14H2,1-4H3,(H,27,29)/b19-12-. The number of aromatic amines is 1. The molecule has 2 heterocycles. The first-order valence-corrected chi connectivity index (χ1v) is 10.5. The SMILES string of the molecule is CCN(CC)CCNCOCc1c(C)[nH]c(/C=C2\C(=O)Nc3ccc(F)cc32)c1C. The minimum Gasteiger partial charge on any atom is -0.362 e. The van der Waals surface area contributed by atoms with Gasteiger partial charge in [0.1, 0.15) is 5.82 Å². The van der Waals surface area contributed by atoms with E-state index in [2.05, 4.69) is 34.4 Å². The van der Waals surface area contributed by atoms with Gasteiger partial charge in [0.15, 0.2) is 0 Å². The fraction of sp³-hybridized carbons (Fsp3) is 0.435. The van der Waals surface area contributed by atoms with Crippen molar-refractivity contribution in [3.8, 4) is 0 Å². The molecular formula is C23H31FN4O2. The molecule has 0 radical (unpaired) electrons. The normalized spacial score (nSPS) is 14.6. The number of carbonyl (C=O) groups excluding carboxylic acids is 1. The second-order valence-corrected chi connectivity index (χ2v) is 7.49. The molecule has 1 amide bonds. The lowest BCUT2D eigenvalue weighted by molar-refractivity contribution is -0.110. The number of fused-ring (bicyclic) bond motifs is 1. The number of hydrogen-bond donors (Lipinski definition) is 3. The molecule has 0 saturated carbocycles. The number of hydrogen-bond acceptors (Lipinski definition) is 4. The zero-order valence-corrected chi connectivity index (χ0v) is 18.2. The van der Waals surface area contributed by atoms with Gasteiger partial charge in [0.2, 0.25) is 0 Å². The van der Waals surface area contributed by atoms with E-state index in [1.54, 1.807) is 12.1 Å². The number of H-pyrrole nitrogens is 1. The van der Waals surface area contributed by atoms with Crippen LogP contribution in [-0.4, -0.2) is 48.7 Å². The van der Waals surface area contributed by atoms with Gasteiger partial charge in [-0.25, -0.2) is 4.39 Å². The average Bonchev–Trinajstić information content (AvgIpc) is 3.17. The minimum absolute atomic E-state index is 0.225. The van der Waals surface area contributed by atoms with Gasteiger partial charge in [0.25, 0.3) is 5.91 Å². The van der Waals surface area contributed by atoms with E-state index in [4.69, 9.17) is 4.74 Å². The summed E-state index contributed by atoms with van der Waals surface area (Å²) in [5.41, 5.74) is 5.61. The monoisotopic (exact) mass is 414 g/mol. The minimum atomic E-state index is -0.363. The number of nitrogens with one attached hydrogen (secondary N) is 3. The topological polar surface area (TPSA) is 69.4 Å². The van der Waals surface area contributed by atoms with Crippen molar-refractivity contribution < 1.29 is 13.9 Å². The summed E-state index contributed by atoms with van der Waals surface area (Å²) in [6, 6.07) is 4.32. The number of aryl methyl sites for hydroxylation is 1. The van der Waals surface area contributed by atoms with E-state index in [0.29, 0.717) is 30.2 Å². The highest BCUT2D eigenvalue weighted by Crippen LogP contribution is 2.34. The highest BCUT2D eigenvalue weighted by atomic mass is 19.1. The molecule has 6 nitrogen and oxygen atoms in total. The number of carbonyl (C=O) groups is 1.